The molecule has 1 N–H and O–H groups in total. The minimum atomic E-state index is -0.239. The van der Waals surface area contributed by atoms with Crippen molar-refractivity contribution in [3.8, 4) is 0 Å². The standard InChI is InChI=1S/C15H16FNOS2/c1-11(14-3-2-9-20-14)17-15(18)8-10-19-13-6-4-12(16)5-7-13/h2-7,9,11H,8,10H2,1H3,(H,17,18). The number of carbonyl (C=O) groups excluding carboxylic acids is 1. The van der Waals surface area contributed by atoms with Crippen LogP contribution >= 0.6 is 23.1 Å². The lowest BCUT2D eigenvalue weighted by Gasteiger charge is -2.11. The van der Waals surface area contributed by atoms with Crippen molar-refractivity contribution in [3.05, 3.63) is 52.5 Å². The van der Waals surface area contributed by atoms with Gasteiger partial charge in [-0.2, -0.15) is 0 Å². The van der Waals surface area contributed by atoms with Crippen LogP contribution in [0.1, 0.15) is 24.3 Å². The number of hydrogen-bond donors (Lipinski definition) is 1. The Balaban J connectivity index is 1.71. The van der Waals surface area contributed by atoms with Gasteiger partial charge in [0.25, 0.3) is 0 Å². The Labute approximate surface area is 126 Å². The smallest absolute Gasteiger partial charge is 0.221 e. The normalized spacial score (nSPS) is 12.1. The molecule has 0 aliphatic carbocycles. The Morgan fingerprint density at radius 3 is 2.75 bits per heavy atom. The third kappa shape index (κ3) is 4.65. The minimum absolute atomic E-state index is 0.0421. The maximum atomic E-state index is 12.7. The Hall–Kier alpha value is -1.33. The molecule has 20 heavy (non-hydrogen) atoms. The zero-order valence-corrected chi connectivity index (χ0v) is 12.8. The molecule has 2 aromatic rings. The van der Waals surface area contributed by atoms with Crippen molar-refractivity contribution in [3.63, 3.8) is 0 Å². The van der Waals surface area contributed by atoms with E-state index in [9.17, 15) is 9.18 Å². The van der Waals surface area contributed by atoms with Crippen molar-refractivity contribution in [2.45, 2.75) is 24.3 Å². The minimum Gasteiger partial charge on any atom is -0.349 e. The van der Waals surface area contributed by atoms with Gasteiger partial charge in [0.05, 0.1) is 6.04 Å². The fourth-order valence-corrected chi connectivity index (χ4v) is 3.30. The highest BCUT2D eigenvalue weighted by atomic mass is 32.2. The van der Waals surface area contributed by atoms with Crippen LogP contribution in [0.15, 0.2) is 46.7 Å². The summed E-state index contributed by atoms with van der Waals surface area (Å²) in [4.78, 5) is 13.9. The van der Waals surface area contributed by atoms with Gasteiger partial charge in [-0.25, -0.2) is 4.39 Å². The summed E-state index contributed by atoms with van der Waals surface area (Å²) in [6, 6.07) is 10.4. The Morgan fingerprint density at radius 1 is 1.35 bits per heavy atom. The van der Waals surface area contributed by atoms with E-state index in [0.717, 1.165) is 9.77 Å². The van der Waals surface area contributed by atoms with Crippen molar-refractivity contribution >= 4 is 29.0 Å². The molecule has 0 bridgehead atoms. The molecule has 1 aromatic carbocycles. The molecule has 2 nitrogen and oxygen atoms in total. The van der Waals surface area contributed by atoms with Crippen molar-refractivity contribution in [2.24, 2.45) is 0 Å². The van der Waals surface area contributed by atoms with E-state index in [1.807, 2.05) is 24.4 Å². The quantitative estimate of drug-likeness (QED) is 0.808. The zero-order chi connectivity index (χ0) is 14.4. The number of nitrogens with one attached hydrogen (secondary N) is 1. The number of hydrogen-bond acceptors (Lipinski definition) is 3. The molecule has 0 aliphatic heterocycles. The largest absolute Gasteiger partial charge is 0.349 e. The van der Waals surface area contributed by atoms with E-state index in [4.69, 9.17) is 0 Å². The number of amides is 1. The van der Waals surface area contributed by atoms with Gasteiger partial charge in [0.2, 0.25) is 5.91 Å². The highest BCUT2D eigenvalue weighted by Crippen LogP contribution is 2.20. The van der Waals surface area contributed by atoms with Gasteiger partial charge in [-0.1, -0.05) is 6.07 Å². The summed E-state index contributed by atoms with van der Waals surface area (Å²) in [6.07, 6.45) is 0.456. The molecule has 1 amide bonds. The van der Waals surface area contributed by atoms with Crippen LogP contribution < -0.4 is 5.32 Å². The molecule has 0 saturated carbocycles. The Kier molecular flexibility index (Phi) is 5.61. The SMILES string of the molecule is CC(NC(=O)CCSc1ccc(F)cc1)c1cccs1. The average molecular weight is 309 g/mol. The number of thiophene rings is 1. The van der Waals surface area contributed by atoms with Crippen LogP contribution in [0, 0.1) is 5.82 Å². The summed E-state index contributed by atoms with van der Waals surface area (Å²) >= 11 is 3.20. The van der Waals surface area contributed by atoms with E-state index in [1.165, 1.54) is 12.1 Å². The summed E-state index contributed by atoms with van der Waals surface area (Å²) in [5.74, 6) is 0.492. The van der Waals surface area contributed by atoms with Crippen molar-refractivity contribution in [2.75, 3.05) is 5.75 Å². The van der Waals surface area contributed by atoms with Crippen LogP contribution in [0.3, 0.4) is 0 Å². The van der Waals surface area contributed by atoms with E-state index in [1.54, 1.807) is 35.2 Å². The van der Waals surface area contributed by atoms with E-state index >= 15 is 0 Å². The number of benzene rings is 1. The van der Waals surface area contributed by atoms with Crippen molar-refractivity contribution in [1.82, 2.24) is 5.32 Å². The zero-order valence-electron chi connectivity index (χ0n) is 11.1. The second kappa shape index (κ2) is 7.45. The molecule has 1 heterocycles. The first-order valence-electron chi connectivity index (χ1n) is 6.36. The third-order valence-electron chi connectivity index (χ3n) is 2.76. The Morgan fingerprint density at radius 2 is 2.10 bits per heavy atom. The molecule has 1 unspecified atom stereocenters. The van der Waals surface area contributed by atoms with Crippen LogP contribution in [-0.4, -0.2) is 11.7 Å². The first-order valence-corrected chi connectivity index (χ1v) is 8.23. The lowest BCUT2D eigenvalue weighted by atomic mass is 10.2. The second-order valence-electron chi connectivity index (χ2n) is 4.36. The summed E-state index contributed by atoms with van der Waals surface area (Å²) in [7, 11) is 0. The number of halogens is 1. The van der Waals surface area contributed by atoms with Gasteiger partial charge >= 0.3 is 0 Å². The third-order valence-corrected chi connectivity index (χ3v) is 4.83. The van der Waals surface area contributed by atoms with E-state index in [-0.39, 0.29) is 17.8 Å². The van der Waals surface area contributed by atoms with Gasteiger partial charge < -0.3 is 5.32 Å². The molecule has 1 aromatic heterocycles. The van der Waals surface area contributed by atoms with Gasteiger partial charge in [-0.15, -0.1) is 23.1 Å². The van der Waals surface area contributed by atoms with Gasteiger partial charge in [0.15, 0.2) is 0 Å². The van der Waals surface area contributed by atoms with Crippen LogP contribution in [0.25, 0.3) is 0 Å². The molecule has 0 saturated heterocycles. The fraction of sp³-hybridized carbons (Fsp3) is 0.267. The molecule has 0 fully saturated rings. The van der Waals surface area contributed by atoms with Crippen LogP contribution in [-0.2, 0) is 4.79 Å². The molecule has 5 heteroatoms. The number of rotatable bonds is 6. The second-order valence-corrected chi connectivity index (χ2v) is 6.50. The fourth-order valence-electron chi connectivity index (χ4n) is 1.71. The first-order chi connectivity index (χ1) is 9.65. The van der Waals surface area contributed by atoms with Crippen molar-refractivity contribution in [1.29, 1.82) is 0 Å². The lowest BCUT2D eigenvalue weighted by Crippen LogP contribution is -2.26. The van der Waals surface area contributed by atoms with Gasteiger partial charge in [-0.05, 0) is 42.6 Å². The first kappa shape index (κ1) is 15.1. The molecule has 0 radical (unpaired) electrons. The topological polar surface area (TPSA) is 29.1 Å². The van der Waals surface area contributed by atoms with Crippen molar-refractivity contribution < 1.29 is 9.18 Å². The molecular weight excluding hydrogens is 293 g/mol. The van der Waals surface area contributed by atoms with Gasteiger partial charge in [0.1, 0.15) is 5.82 Å². The highest BCUT2D eigenvalue weighted by Gasteiger charge is 2.10. The predicted molar refractivity (Wildman–Crippen MR) is 82.6 cm³/mol. The summed E-state index contributed by atoms with van der Waals surface area (Å²) < 4.78 is 12.7. The molecule has 2 rings (SSSR count). The molecular formula is C15H16FNOS2. The summed E-state index contributed by atoms with van der Waals surface area (Å²) in [5.41, 5.74) is 0. The molecule has 0 aliphatic rings. The van der Waals surface area contributed by atoms with Crippen LogP contribution in [0.2, 0.25) is 0 Å². The molecule has 106 valence electrons. The van der Waals surface area contributed by atoms with E-state index in [0.29, 0.717) is 12.2 Å². The maximum absolute atomic E-state index is 12.7. The lowest BCUT2D eigenvalue weighted by molar-refractivity contribution is -0.121. The predicted octanol–water partition coefficient (Wildman–Crippen LogP) is 4.25. The average Bonchev–Trinajstić information content (AvgIpc) is 2.95. The number of thioether (sulfide) groups is 1. The van der Waals surface area contributed by atoms with Crippen LogP contribution in [0.5, 0.6) is 0 Å². The molecule has 1 atom stereocenters. The van der Waals surface area contributed by atoms with E-state index in [2.05, 4.69) is 5.32 Å². The Bertz CT molecular complexity index is 540. The highest BCUT2D eigenvalue weighted by molar-refractivity contribution is 7.99. The summed E-state index contributed by atoms with van der Waals surface area (Å²) in [5, 5.41) is 4.98. The van der Waals surface area contributed by atoms with Gasteiger partial charge in [-0.3, -0.25) is 4.79 Å². The molecule has 0 spiro atoms. The summed E-state index contributed by atoms with van der Waals surface area (Å²) in [6.45, 7) is 1.98. The van der Waals surface area contributed by atoms with Crippen LogP contribution in [0.4, 0.5) is 4.39 Å². The monoisotopic (exact) mass is 309 g/mol. The van der Waals surface area contributed by atoms with E-state index < -0.39 is 0 Å². The number of carbonyl (C=O) groups is 1. The van der Waals surface area contributed by atoms with Gasteiger partial charge in [0, 0.05) is 21.9 Å². The maximum Gasteiger partial charge on any atom is 0.221 e.